The van der Waals surface area contributed by atoms with Crippen LogP contribution in [0.1, 0.15) is 18.5 Å². The number of benzene rings is 2. The number of anilines is 1. The van der Waals surface area contributed by atoms with Crippen molar-refractivity contribution in [2.24, 2.45) is 0 Å². The zero-order chi connectivity index (χ0) is 14.9. The van der Waals surface area contributed by atoms with E-state index in [1.165, 1.54) is 0 Å². The maximum absolute atomic E-state index is 13.6. The van der Waals surface area contributed by atoms with Gasteiger partial charge in [0.05, 0.1) is 11.7 Å². The fourth-order valence-electron chi connectivity index (χ4n) is 1.80. The van der Waals surface area contributed by atoms with E-state index in [0.717, 1.165) is 16.1 Å². The molecule has 2 rings (SSSR count). The average Bonchev–Trinajstić information content (AvgIpc) is 2.35. The minimum absolute atomic E-state index is 0.115. The van der Waals surface area contributed by atoms with Gasteiger partial charge in [-0.25, -0.2) is 13.2 Å². The predicted molar refractivity (Wildman–Crippen MR) is 77.5 cm³/mol. The maximum Gasteiger partial charge on any atom is 0.161 e. The summed E-state index contributed by atoms with van der Waals surface area (Å²) in [5.41, 5.74) is 0.606. The predicted octanol–water partition coefficient (Wildman–Crippen LogP) is 5.69. The smallest absolute Gasteiger partial charge is 0.161 e. The van der Waals surface area contributed by atoms with E-state index >= 15 is 0 Å². The first kappa shape index (κ1) is 15.2. The van der Waals surface area contributed by atoms with Crippen LogP contribution in [0.3, 0.4) is 0 Å². The van der Waals surface area contributed by atoms with E-state index in [0.29, 0.717) is 11.1 Å². The summed E-state index contributed by atoms with van der Waals surface area (Å²) in [7, 11) is 0. The Labute approximate surface area is 127 Å². The second-order valence-electron chi connectivity index (χ2n) is 4.28. The molecule has 0 aliphatic carbocycles. The molecule has 0 fully saturated rings. The minimum Gasteiger partial charge on any atom is -0.376 e. The van der Waals surface area contributed by atoms with Crippen LogP contribution in [-0.2, 0) is 0 Å². The van der Waals surface area contributed by atoms with Gasteiger partial charge in [-0.1, -0.05) is 33.6 Å². The van der Waals surface area contributed by atoms with E-state index in [-0.39, 0.29) is 11.7 Å². The Bertz CT molecular complexity index is 649. The molecule has 0 saturated heterocycles. The first-order valence-corrected chi connectivity index (χ1v) is 6.91. The Kier molecular flexibility index (Phi) is 4.60. The highest BCUT2D eigenvalue weighted by atomic mass is 79.9. The molecule has 20 heavy (non-hydrogen) atoms. The molecule has 0 aromatic heterocycles. The molecule has 0 bridgehead atoms. The lowest BCUT2D eigenvalue weighted by Crippen LogP contribution is -2.09. The summed E-state index contributed by atoms with van der Waals surface area (Å²) in [6.07, 6.45) is 0. The van der Waals surface area contributed by atoms with Crippen molar-refractivity contribution in [2.45, 2.75) is 13.0 Å². The van der Waals surface area contributed by atoms with Gasteiger partial charge in [0.25, 0.3) is 0 Å². The normalized spacial score (nSPS) is 12.3. The van der Waals surface area contributed by atoms with Gasteiger partial charge < -0.3 is 5.32 Å². The minimum atomic E-state index is -1.22. The molecule has 2 aromatic rings. The van der Waals surface area contributed by atoms with Gasteiger partial charge >= 0.3 is 0 Å². The maximum atomic E-state index is 13.6. The highest BCUT2D eigenvalue weighted by molar-refractivity contribution is 9.10. The lowest BCUT2D eigenvalue weighted by atomic mass is 10.1. The van der Waals surface area contributed by atoms with Crippen LogP contribution in [0, 0.1) is 17.5 Å². The molecule has 0 heterocycles. The average molecular weight is 365 g/mol. The zero-order valence-corrected chi connectivity index (χ0v) is 12.7. The van der Waals surface area contributed by atoms with Crippen molar-refractivity contribution in [1.29, 1.82) is 0 Å². The standard InChI is InChI=1S/C14H10BrClF3N/c1-7(9-3-2-8(15)4-10(9)16)20-14-6-12(18)11(17)5-13(14)19/h2-7,20H,1H3. The first-order chi connectivity index (χ1) is 9.38. The van der Waals surface area contributed by atoms with Crippen molar-refractivity contribution >= 4 is 33.2 Å². The van der Waals surface area contributed by atoms with Crippen LogP contribution in [-0.4, -0.2) is 0 Å². The third-order valence-electron chi connectivity index (χ3n) is 2.81. The summed E-state index contributed by atoms with van der Waals surface area (Å²) in [4.78, 5) is 0. The highest BCUT2D eigenvalue weighted by Crippen LogP contribution is 2.29. The second-order valence-corrected chi connectivity index (χ2v) is 5.60. The van der Waals surface area contributed by atoms with E-state index in [4.69, 9.17) is 11.6 Å². The lowest BCUT2D eigenvalue weighted by Gasteiger charge is -2.18. The fraction of sp³-hybridized carbons (Fsp3) is 0.143. The molecule has 2 aromatic carbocycles. The van der Waals surface area contributed by atoms with Crippen molar-refractivity contribution in [2.75, 3.05) is 5.32 Å². The van der Waals surface area contributed by atoms with Crippen LogP contribution in [0.25, 0.3) is 0 Å². The van der Waals surface area contributed by atoms with Gasteiger partial charge in [0.15, 0.2) is 11.6 Å². The summed E-state index contributed by atoms with van der Waals surface area (Å²) < 4.78 is 40.4. The van der Waals surface area contributed by atoms with Gasteiger partial charge in [-0.15, -0.1) is 0 Å². The molecule has 0 spiro atoms. The highest BCUT2D eigenvalue weighted by Gasteiger charge is 2.14. The van der Waals surface area contributed by atoms with Crippen molar-refractivity contribution in [3.63, 3.8) is 0 Å². The van der Waals surface area contributed by atoms with E-state index in [2.05, 4.69) is 21.2 Å². The largest absolute Gasteiger partial charge is 0.376 e. The molecule has 0 aliphatic heterocycles. The van der Waals surface area contributed by atoms with Gasteiger partial charge in [-0.3, -0.25) is 0 Å². The zero-order valence-electron chi connectivity index (χ0n) is 10.4. The van der Waals surface area contributed by atoms with E-state index < -0.39 is 17.5 Å². The third-order valence-corrected chi connectivity index (χ3v) is 3.63. The Morgan fingerprint density at radius 2 is 1.70 bits per heavy atom. The lowest BCUT2D eigenvalue weighted by molar-refractivity contribution is 0.495. The number of hydrogen-bond acceptors (Lipinski definition) is 1. The van der Waals surface area contributed by atoms with Crippen LogP contribution in [0.2, 0.25) is 5.02 Å². The first-order valence-electron chi connectivity index (χ1n) is 5.74. The van der Waals surface area contributed by atoms with Gasteiger partial charge in [-0.2, -0.15) is 0 Å². The van der Waals surface area contributed by atoms with E-state index in [9.17, 15) is 13.2 Å². The molecule has 0 aliphatic rings. The van der Waals surface area contributed by atoms with Crippen LogP contribution in [0.15, 0.2) is 34.8 Å². The Hall–Kier alpha value is -1.20. The monoisotopic (exact) mass is 363 g/mol. The summed E-state index contributed by atoms with van der Waals surface area (Å²) >= 11 is 9.37. The Morgan fingerprint density at radius 3 is 2.35 bits per heavy atom. The van der Waals surface area contributed by atoms with Crippen LogP contribution >= 0.6 is 27.5 Å². The van der Waals surface area contributed by atoms with E-state index in [1.54, 1.807) is 25.1 Å². The van der Waals surface area contributed by atoms with E-state index in [1.807, 2.05) is 0 Å². The number of rotatable bonds is 3. The van der Waals surface area contributed by atoms with Gasteiger partial charge in [0.2, 0.25) is 0 Å². The number of halogens is 5. The van der Waals surface area contributed by atoms with Gasteiger partial charge in [0.1, 0.15) is 5.82 Å². The summed E-state index contributed by atoms with van der Waals surface area (Å²) in [6, 6.07) is 6.19. The second kappa shape index (κ2) is 6.06. The Morgan fingerprint density at radius 1 is 1.05 bits per heavy atom. The topological polar surface area (TPSA) is 12.0 Å². The molecule has 1 N–H and O–H groups in total. The van der Waals surface area contributed by atoms with Crippen LogP contribution in [0.5, 0.6) is 0 Å². The molecule has 0 amide bonds. The SMILES string of the molecule is CC(Nc1cc(F)c(F)cc1F)c1ccc(Br)cc1Cl. The molecule has 6 heteroatoms. The number of hydrogen-bond donors (Lipinski definition) is 1. The van der Waals surface area contributed by atoms with Crippen LogP contribution in [0.4, 0.5) is 18.9 Å². The summed E-state index contributed by atoms with van der Waals surface area (Å²) in [5.74, 6) is -3.19. The van der Waals surface area contributed by atoms with Crippen molar-refractivity contribution in [3.05, 3.63) is 62.8 Å². The number of nitrogens with one attached hydrogen (secondary N) is 1. The van der Waals surface area contributed by atoms with Gasteiger partial charge in [-0.05, 0) is 24.6 Å². The molecule has 106 valence electrons. The van der Waals surface area contributed by atoms with Crippen molar-refractivity contribution in [3.8, 4) is 0 Å². The molecule has 1 nitrogen and oxygen atoms in total. The van der Waals surface area contributed by atoms with Gasteiger partial charge in [0, 0.05) is 21.6 Å². The molecular formula is C14H10BrClF3N. The molecule has 0 saturated carbocycles. The quantitative estimate of drug-likeness (QED) is 0.690. The van der Waals surface area contributed by atoms with Crippen LogP contribution < -0.4 is 5.32 Å². The molecular weight excluding hydrogens is 355 g/mol. The molecule has 0 radical (unpaired) electrons. The summed E-state index contributed by atoms with van der Waals surface area (Å²) in [5, 5.41) is 3.26. The Balaban J connectivity index is 2.27. The summed E-state index contributed by atoms with van der Waals surface area (Å²) in [6.45, 7) is 1.75. The fourth-order valence-corrected chi connectivity index (χ4v) is 2.63. The molecule has 1 atom stereocenters. The molecule has 1 unspecified atom stereocenters. The third kappa shape index (κ3) is 3.27. The van der Waals surface area contributed by atoms with Crippen molar-refractivity contribution < 1.29 is 13.2 Å². The van der Waals surface area contributed by atoms with Crippen molar-refractivity contribution in [1.82, 2.24) is 0 Å².